The highest BCUT2D eigenvalue weighted by Gasteiger charge is 2.54. The Morgan fingerprint density at radius 2 is 1.87 bits per heavy atom. The Hall–Kier alpha value is -1.84. The summed E-state index contributed by atoms with van der Waals surface area (Å²) >= 11 is 0. The third kappa shape index (κ3) is 4.03. The topological polar surface area (TPSA) is 59.6 Å². The predicted molar refractivity (Wildman–Crippen MR) is 112 cm³/mol. The summed E-state index contributed by atoms with van der Waals surface area (Å²) in [4.78, 5) is 16.6. The van der Waals surface area contributed by atoms with Crippen molar-refractivity contribution in [2.45, 2.75) is 43.4 Å². The molecule has 3 heterocycles. The maximum atomic E-state index is 13.4. The van der Waals surface area contributed by atoms with Gasteiger partial charge in [-0.25, -0.2) is 0 Å². The molecule has 9 heteroatoms. The van der Waals surface area contributed by atoms with Crippen LogP contribution in [0.25, 0.3) is 0 Å². The zero-order valence-corrected chi connectivity index (χ0v) is 17.5. The first-order chi connectivity index (χ1) is 14.9. The summed E-state index contributed by atoms with van der Waals surface area (Å²) in [7, 11) is 0. The standard InChI is InChI=1S/C22H30F3N5O/c23-22(24,25)13-30-19-11-14(5-6-16(19)20-17(21(30)31)12-27-28-20)15-3-1-2-4-18(15)29-9-7-26-8-10-29/h1-4,14,16-17,19-20,26-28H,5-13H2. The number of hydrazine groups is 1. The summed E-state index contributed by atoms with van der Waals surface area (Å²) in [6.45, 7) is 2.96. The lowest BCUT2D eigenvalue weighted by Gasteiger charge is -2.50. The second kappa shape index (κ2) is 8.26. The first-order valence-electron chi connectivity index (χ1n) is 11.3. The maximum absolute atomic E-state index is 13.4. The highest BCUT2D eigenvalue weighted by atomic mass is 19.4. The molecule has 1 aromatic rings. The van der Waals surface area contributed by atoms with E-state index in [-0.39, 0.29) is 23.8 Å². The first kappa shape index (κ1) is 21.0. The quantitative estimate of drug-likeness (QED) is 0.674. The molecular formula is C22H30F3N5O. The van der Waals surface area contributed by atoms with Crippen LogP contribution in [0, 0.1) is 11.8 Å². The van der Waals surface area contributed by atoms with Crippen molar-refractivity contribution < 1.29 is 18.0 Å². The zero-order chi connectivity index (χ0) is 21.6. The second-order valence-electron chi connectivity index (χ2n) is 9.28. The number of rotatable bonds is 3. The van der Waals surface area contributed by atoms with Crippen LogP contribution < -0.4 is 21.1 Å². The van der Waals surface area contributed by atoms with Crippen molar-refractivity contribution in [3.8, 4) is 0 Å². The van der Waals surface area contributed by atoms with Gasteiger partial charge in [-0.15, -0.1) is 0 Å². The lowest BCUT2D eigenvalue weighted by molar-refractivity contribution is -0.178. The van der Waals surface area contributed by atoms with Crippen molar-refractivity contribution in [3.63, 3.8) is 0 Å². The number of benzene rings is 1. The van der Waals surface area contributed by atoms with Crippen molar-refractivity contribution in [1.82, 2.24) is 21.1 Å². The number of hydrogen-bond acceptors (Lipinski definition) is 5. The molecule has 0 aromatic heterocycles. The van der Waals surface area contributed by atoms with E-state index in [2.05, 4.69) is 33.2 Å². The van der Waals surface area contributed by atoms with Crippen LogP contribution in [-0.2, 0) is 4.79 Å². The van der Waals surface area contributed by atoms with Gasteiger partial charge in [0.25, 0.3) is 0 Å². The van der Waals surface area contributed by atoms with E-state index in [9.17, 15) is 18.0 Å². The van der Waals surface area contributed by atoms with Crippen LogP contribution in [0.5, 0.6) is 0 Å². The fourth-order valence-electron chi connectivity index (χ4n) is 6.18. The van der Waals surface area contributed by atoms with E-state index in [0.29, 0.717) is 13.0 Å². The van der Waals surface area contributed by atoms with E-state index < -0.39 is 24.7 Å². The van der Waals surface area contributed by atoms with Crippen LogP contribution in [-0.4, -0.2) is 68.3 Å². The number of piperazine rings is 1. The molecule has 3 saturated heterocycles. The Balaban J connectivity index is 1.43. The molecule has 3 N–H and O–H groups in total. The number of nitrogens with zero attached hydrogens (tertiary/aromatic N) is 2. The summed E-state index contributed by atoms with van der Waals surface area (Å²) in [6.07, 6.45) is -2.05. The minimum atomic E-state index is -4.39. The Morgan fingerprint density at radius 1 is 1.10 bits per heavy atom. The molecule has 170 valence electrons. The second-order valence-corrected chi connectivity index (χ2v) is 9.28. The van der Waals surface area contributed by atoms with E-state index in [1.807, 2.05) is 12.1 Å². The summed E-state index contributed by atoms with van der Waals surface area (Å²) in [5.74, 6) is -0.574. The normalized spacial score (nSPS) is 33.9. The minimum absolute atomic E-state index is 0.0441. The number of para-hydroxylation sites is 1. The van der Waals surface area contributed by atoms with Crippen LogP contribution in [0.3, 0.4) is 0 Å². The SMILES string of the molecule is O=C1C2CNNC2C2CCC(c3ccccc3N3CCNCC3)CC2N1CC(F)(F)F. The minimum Gasteiger partial charge on any atom is -0.369 e. The largest absolute Gasteiger partial charge is 0.406 e. The van der Waals surface area contributed by atoms with Crippen LogP contribution in [0.15, 0.2) is 24.3 Å². The number of carbonyl (C=O) groups excluding carboxylic acids is 1. The van der Waals surface area contributed by atoms with Gasteiger partial charge in [0, 0.05) is 50.5 Å². The maximum Gasteiger partial charge on any atom is 0.406 e. The van der Waals surface area contributed by atoms with Gasteiger partial charge in [-0.1, -0.05) is 18.2 Å². The highest BCUT2D eigenvalue weighted by Crippen LogP contribution is 2.47. The number of anilines is 1. The van der Waals surface area contributed by atoms with Gasteiger partial charge < -0.3 is 15.1 Å². The van der Waals surface area contributed by atoms with Gasteiger partial charge in [0.1, 0.15) is 6.54 Å². The van der Waals surface area contributed by atoms with Crippen molar-refractivity contribution in [3.05, 3.63) is 29.8 Å². The van der Waals surface area contributed by atoms with Crippen molar-refractivity contribution in [2.75, 3.05) is 44.2 Å². The molecule has 1 aromatic carbocycles. The summed E-state index contributed by atoms with van der Waals surface area (Å²) in [5.41, 5.74) is 8.61. The number of piperidine rings is 1. The van der Waals surface area contributed by atoms with E-state index >= 15 is 0 Å². The molecule has 5 atom stereocenters. The van der Waals surface area contributed by atoms with Gasteiger partial charge in [-0.05, 0) is 42.7 Å². The molecule has 1 aliphatic carbocycles. The van der Waals surface area contributed by atoms with E-state index in [1.165, 1.54) is 11.3 Å². The summed E-state index contributed by atoms with van der Waals surface area (Å²) in [6, 6.07) is 7.84. The Morgan fingerprint density at radius 3 is 2.65 bits per heavy atom. The van der Waals surface area contributed by atoms with Crippen LogP contribution in [0.4, 0.5) is 18.9 Å². The third-order valence-electron chi connectivity index (χ3n) is 7.54. The van der Waals surface area contributed by atoms with E-state index in [0.717, 1.165) is 43.9 Å². The van der Waals surface area contributed by atoms with E-state index in [4.69, 9.17) is 0 Å². The van der Waals surface area contributed by atoms with Gasteiger partial charge in [-0.3, -0.25) is 15.6 Å². The van der Waals surface area contributed by atoms with Gasteiger partial charge in [0.2, 0.25) is 5.91 Å². The van der Waals surface area contributed by atoms with Gasteiger partial charge in [0.05, 0.1) is 5.92 Å². The molecule has 0 radical (unpaired) electrons. The van der Waals surface area contributed by atoms with Crippen LogP contribution >= 0.6 is 0 Å². The van der Waals surface area contributed by atoms with Gasteiger partial charge in [-0.2, -0.15) is 13.2 Å². The fraction of sp³-hybridized carbons (Fsp3) is 0.682. The number of halogens is 3. The molecule has 0 bridgehead atoms. The smallest absolute Gasteiger partial charge is 0.369 e. The number of likely N-dealkylation sites (tertiary alicyclic amines) is 1. The Bertz CT molecular complexity index is 813. The highest BCUT2D eigenvalue weighted by molar-refractivity contribution is 5.82. The van der Waals surface area contributed by atoms with Gasteiger partial charge in [0.15, 0.2) is 0 Å². The molecule has 6 nitrogen and oxygen atoms in total. The number of nitrogens with one attached hydrogen (secondary N) is 3. The molecule has 4 fully saturated rings. The Kier molecular flexibility index (Phi) is 5.60. The number of alkyl halides is 3. The van der Waals surface area contributed by atoms with Crippen LogP contribution in [0.2, 0.25) is 0 Å². The molecule has 0 spiro atoms. The van der Waals surface area contributed by atoms with Crippen molar-refractivity contribution in [1.29, 1.82) is 0 Å². The average Bonchev–Trinajstić information content (AvgIpc) is 3.26. The molecule has 1 amide bonds. The monoisotopic (exact) mass is 437 g/mol. The first-order valence-corrected chi connectivity index (χ1v) is 11.3. The van der Waals surface area contributed by atoms with Crippen molar-refractivity contribution in [2.24, 2.45) is 11.8 Å². The molecule has 31 heavy (non-hydrogen) atoms. The average molecular weight is 438 g/mol. The van der Waals surface area contributed by atoms with Crippen LogP contribution in [0.1, 0.15) is 30.7 Å². The Labute approximate surface area is 180 Å². The fourth-order valence-corrected chi connectivity index (χ4v) is 6.18. The number of amides is 1. The molecule has 3 aliphatic heterocycles. The van der Waals surface area contributed by atoms with Gasteiger partial charge >= 0.3 is 6.18 Å². The summed E-state index contributed by atoms with van der Waals surface area (Å²) < 4.78 is 40.2. The molecule has 5 rings (SSSR count). The van der Waals surface area contributed by atoms with Crippen molar-refractivity contribution >= 4 is 11.6 Å². The molecule has 5 unspecified atom stereocenters. The number of hydrogen-bond donors (Lipinski definition) is 3. The number of fused-ring (bicyclic) bond motifs is 3. The van der Waals surface area contributed by atoms with E-state index in [1.54, 1.807) is 0 Å². The lowest BCUT2D eigenvalue weighted by Crippen LogP contribution is -2.63. The number of carbonyl (C=O) groups is 1. The predicted octanol–water partition coefficient (Wildman–Crippen LogP) is 1.85. The summed E-state index contributed by atoms with van der Waals surface area (Å²) in [5, 5.41) is 3.37. The third-order valence-corrected chi connectivity index (χ3v) is 7.54. The molecule has 1 saturated carbocycles. The zero-order valence-electron chi connectivity index (χ0n) is 17.5. The molecular weight excluding hydrogens is 407 g/mol. The lowest BCUT2D eigenvalue weighted by atomic mass is 9.67. The molecule has 4 aliphatic rings.